The molecule has 1 aromatic rings. The largest absolute Gasteiger partial charge is 0.392 e. The Morgan fingerprint density at radius 3 is 2.69 bits per heavy atom. The molecule has 0 amide bonds. The maximum absolute atomic E-state index is 9.09. The SMILES string of the molecule is CCCC(C)NC(C)c1cccc(CO)c1. The molecule has 90 valence electrons. The zero-order valence-corrected chi connectivity index (χ0v) is 10.5. The lowest BCUT2D eigenvalue weighted by Gasteiger charge is -2.20. The van der Waals surface area contributed by atoms with Gasteiger partial charge in [-0.1, -0.05) is 37.6 Å². The number of nitrogens with one attached hydrogen (secondary N) is 1. The van der Waals surface area contributed by atoms with Gasteiger partial charge in [-0.3, -0.25) is 0 Å². The molecule has 1 aromatic carbocycles. The van der Waals surface area contributed by atoms with E-state index in [2.05, 4.69) is 38.2 Å². The molecule has 1 rings (SSSR count). The topological polar surface area (TPSA) is 32.3 Å². The van der Waals surface area contributed by atoms with Gasteiger partial charge in [-0.2, -0.15) is 0 Å². The Bertz CT molecular complexity index is 311. The van der Waals surface area contributed by atoms with Crippen LogP contribution in [0.3, 0.4) is 0 Å². The molecule has 16 heavy (non-hydrogen) atoms. The third-order valence-electron chi connectivity index (χ3n) is 2.89. The molecule has 0 radical (unpaired) electrons. The second-order valence-corrected chi connectivity index (χ2v) is 4.48. The molecule has 0 aliphatic carbocycles. The molecule has 2 unspecified atom stereocenters. The summed E-state index contributed by atoms with van der Waals surface area (Å²) in [6.07, 6.45) is 2.40. The van der Waals surface area contributed by atoms with Gasteiger partial charge in [-0.05, 0) is 31.4 Å². The first kappa shape index (κ1) is 13.2. The van der Waals surface area contributed by atoms with Crippen LogP contribution >= 0.6 is 0 Å². The molecule has 2 atom stereocenters. The molecule has 0 saturated heterocycles. The smallest absolute Gasteiger partial charge is 0.0681 e. The average molecular weight is 221 g/mol. The van der Waals surface area contributed by atoms with Crippen molar-refractivity contribution in [3.05, 3.63) is 35.4 Å². The van der Waals surface area contributed by atoms with Crippen LogP contribution in [0.2, 0.25) is 0 Å². The van der Waals surface area contributed by atoms with Crippen molar-refractivity contribution >= 4 is 0 Å². The monoisotopic (exact) mass is 221 g/mol. The number of hydrogen-bond acceptors (Lipinski definition) is 2. The van der Waals surface area contributed by atoms with E-state index in [1.165, 1.54) is 18.4 Å². The van der Waals surface area contributed by atoms with Crippen molar-refractivity contribution in [3.8, 4) is 0 Å². The molecule has 0 aliphatic heterocycles. The number of benzene rings is 1. The summed E-state index contributed by atoms with van der Waals surface area (Å²) in [5.41, 5.74) is 2.23. The van der Waals surface area contributed by atoms with E-state index in [1.807, 2.05) is 12.1 Å². The molecule has 0 spiro atoms. The third-order valence-corrected chi connectivity index (χ3v) is 2.89. The predicted octanol–water partition coefficient (Wildman–Crippen LogP) is 3.02. The van der Waals surface area contributed by atoms with Crippen LogP contribution in [0.5, 0.6) is 0 Å². The van der Waals surface area contributed by atoms with E-state index in [1.54, 1.807) is 0 Å². The van der Waals surface area contributed by atoms with Crippen LogP contribution in [0.15, 0.2) is 24.3 Å². The summed E-state index contributed by atoms with van der Waals surface area (Å²) < 4.78 is 0. The van der Waals surface area contributed by atoms with E-state index in [0.29, 0.717) is 12.1 Å². The van der Waals surface area contributed by atoms with Gasteiger partial charge < -0.3 is 10.4 Å². The van der Waals surface area contributed by atoms with E-state index in [9.17, 15) is 0 Å². The summed E-state index contributed by atoms with van der Waals surface area (Å²) >= 11 is 0. The van der Waals surface area contributed by atoms with E-state index in [4.69, 9.17) is 5.11 Å². The van der Waals surface area contributed by atoms with Gasteiger partial charge in [0.1, 0.15) is 0 Å². The highest BCUT2D eigenvalue weighted by Crippen LogP contribution is 2.15. The van der Waals surface area contributed by atoms with Gasteiger partial charge in [0.15, 0.2) is 0 Å². The Labute approximate surface area is 98.7 Å². The standard InChI is InChI=1S/C14H23NO/c1-4-6-11(2)15-12(3)14-8-5-7-13(9-14)10-16/h5,7-9,11-12,15-16H,4,6,10H2,1-3H3. The van der Waals surface area contributed by atoms with Crippen LogP contribution in [-0.2, 0) is 6.61 Å². The zero-order chi connectivity index (χ0) is 12.0. The number of aliphatic hydroxyl groups is 1. The van der Waals surface area contributed by atoms with Gasteiger partial charge in [-0.15, -0.1) is 0 Å². The van der Waals surface area contributed by atoms with Gasteiger partial charge in [0.25, 0.3) is 0 Å². The second-order valence-electron chi connectivity index (χ2n) is 4.48. The fourth-order valence-corrected chi connectivity index (χ4v) is 2.00. The highest BCUT2D eigenvalue weighted by Gasteiger charge is 2.08. The molecule has 0 fully saturated rings. The zero-order valence-electron chi connectivity index (χ0n) is 10.5. The Balaban J connectivity index is 2.61. The molecular weight excluding hydrogens is 198 g/mol. The molecule has 2 heteroatoms. The molecular formula is C14H23NO. The number of aliphatic hydroxyl groups excluding tert-OH is 1. The summed E-state index contributed by atoms with van der Waals surface area (Å²) in [6.45, 7) is 6.71. The first-order chi connectivity index (χ1) is 7.67. The lowest BCUT2D eigenvalue weighted by atomic mass is 10.0. The second kappa shape index (κ2) is 6.66. The predicted molar refractivity (Wildman–Crippen MR) is 68.3 cm³/mol. The molecule has 0 bridgehead atoms. The first-order valence-corrected chi connectivity index (χ1v) is 6.13. The molecule has 0 saturated carbocycles. The maximum Gasteiger partial charge on any atom is 0.0681 e. The minimum Gasteiger partial charge on any atom is -0.392 e. The summed E-state index contributed by atoms with van der Waals surface area (Å²) in [7, 11) is 0. The van der Waals surface area contributed by atoms with Gasteiger partial charge in [0.05, 0.1) is 6.61 Å². The Hall–Kier alpha value is -0.860. The summed E-state index contributed by atoms with van der Waals surface area (Å²) in [6, 6.07) is 9.01. The number of rotatable bonds is 6. The van der Waals surface area contributed by atoms with Crippen LogP contribution < -0.4 is 5.32 Å². The lowest BCUT2D eigenvalue weighted by molar-refractivity contribution is 0.281. The van der Waals surface area contributed by atoms with Crippen LogP contribution in [0.25, 0.3) is 0 Å². The first-order valence-electron chi connectivity index (χ1n) is 6.13. The molecule has 0 aliphatic rings. The highest BCUT2D eigenvalue weighted by atomic mass is 16.3. The quantitative estimate of drug-likeness (QED) is 0.774. The average Bonchev–Trinajstić information content (AvgIpc) is 2.29. The van der Waals surface area contributed by atoms with E-state index >= 15 is 0 Å². The van der Waals surface area contributed by atoms with Crippen molar-refractivity contribution in [3.63, 3.8) is 0 Å². The number of hydrogen-bond donors (Lipinski definition) is 2. The summed E-state index contributed by atoms with van der Waals surface area (Å²) in [4.78, 5) is 0. The molecule has 2 nitrogen and oxygen atoms in total. The fraction of sp³-hybridized carbons (Fsp3) is 0.571. The van der Waals surface area contributed by atoms with Crippen molar-refractivity contribution in [1.82, 2.24) is 5.32 Å². The molecule has 0 heterocycles. The summed E-state index contributed by atoms with van der Waals surface area (Å²) in [5.74, 6) is 0. The van der Waals surface area contributed by atoms with Crippen molar-refractivity contribution in [2.75, 3.05) is 0 Å². The normalized spacial score (nSPS) is 14.8. The highest BCUT2D eigenvalue weighted by molar-refractivity contribution is 5.25. The lowest BCUT2D eigenvalue weighted by Crippen LogP contribution is -2.28. The van der Waals surface area contributed by atoms with Crippen molar-refractivity contribution < 1.29 is 5.11 Å². The minimum atomic E-state index is 0.116. The Kier molecular flexibility index (Phi) is 5.50. The van der Waals surface area contributed by atoms with Crippen molar-refractivity contribution in [1.29, 1.82) is 0 Å². The van der Waals surface area contributed by atoms with Crippen molar-refractivity contribution in [2.45, 2.75) is 52.3 Å². The van der Waals surface area contributed by atoms with Crippen LogP contribution in [0, 0.1) is 0 Å². The van der Waals surface area contributed by atoms with Gasteiger partial charge in [0.2, 0.25) is 0 Å². The third kappa shape index (κ3) is 3.95. The Morgan fingerprint density at radius 2 is 2.06 bits per heavy atom. The molecule has 0 aromatic heterocycles. The van der Waals surface area contributed by atoms with Crippen molar-refractivity contribution in [2.24, 2.45) is 0 Å². The van der Waals surface area contributed by atoms with Gasteiger partial charge >= 0.3 is 0 Å². The summed E-state index contributed by atoms with van der Waals surface area (Å²) in [5, 5.41) is 12.7. The van der Waals surface area contributed by atoms with Crippen LogP contribution in [-0.4, -0.2) is 11.1 Å². The van der Waals surface area contributed by atoms with Crippen LogP contribution in [0.4, 0.5) is 0 Å². The minimum absolute atomic E-state index is 0.116. The van der Waals surface area contributed by atoms with Gasteiger partial charge in [0, 0.05) is 12.1 Å². The van der Waals surface area contributed by atoms with E-state index < -0.39 is 0 Å². The van der Waals surface area contributed by atoms with Gasteiger partial charge in [-0.25, -0.2) is 0 Å². The van der Waals surface area contributed by atoms with Crippen LogP contribution in [0.1, 0.15) is 50.8 Å². The Morgan fingerprint density at radius 1 is 1.31 bits per heavy atom. The van der Waals surface area contributed by atoms with E-state index in [-0.39, 0.29) is 6.61 Å². The fourth-order valence-electron chi connectivity index (χ4n) is 2.00. The van der Waals surface area contributed by atoms with E-state index in [0.717, 1.165) is 5.56 Å². The molecule has 2 N–H and O–H groups in total. The maximum atomic E-state index is 9.09.